The van der Waals surface area contributed by atoms with Crippen molar-refractivity contribution in [1.29, 1.82) is 0 Å². The lowest BCUT2D eigenvalue weighted by Gasteiger charge is -2.35. The van der Waals surface area contributed by atoms with E-state index in [0.717, 1.165) is 0 Å². The zero-order valence-corrected chi connectivity index (χ0v) is 14.2. The Morgan fingerprint density at radius 1 is 1.37 bits per heavy atom. The fraction of sp³-hybridized carbons (Fsp3) is 0.333. The number of nitrogens with zero attached hydrogens (tertiary/aromatic N) is 4. The van der Waals surface area contributed by atoms with Gasteiger partial charge in [0, 0.05) is 6.93 Å². The summed E-state index contributed by atoms with van der Waals surface area (Å²) in [6, 6.07) is 7.79. The first-order chi connectivity index (χ1) is 13.6. The first kappa shape index (κ1) is 16.3. The predicted molar refractivity (Wildman–Crippen MR) is 95.1 cm³/mol. The molecule has 1 unspecified atom stereocenters. The van der Waals surface area contributed by atoms with Gasteiger partial charge in [0.05, 0.1) is 25.1 Å². The number of aromatic nitrogens is 4. The van der Waals surface area contributed by atoms with Crippen molar-refractivity contribution < 1.29 is 20.4 Å². The highest BCUT2D eigenvalue weighted by atomic mass is 19.1. The lowest BCUT2D eigenvalue weighted by molar-refractivity contribution is -0.127. The van der Waals surface area contributed by atoms with Gasteiger partial charge in [-0.3, -0.25) is 4.79 Å². The van der Waals surface area contributed by atoms with Crippen molar-refractivity contribution in [2.75, 3.05) is 11.9 Å². The molecule has 27 heavy (non-hydrogen) atoms. The van der Waals surface area contributed by atoms with E-state index in [9.17, 15) is 14.3 Å². The van der Waals surface area contributed by atoms with Gasteiger partial charge in [-0.2, -0.15) is 0 Å². The molecule has 3 aromatic rings. The van der Waals surface area contributed by atoms with E-state index in [4.69, 9.17) is 6.11 Å². The maximum Gasteiger partial charge on any atom is 0.256 e. The fourth-order valence-corrected chi connectivity index (χ4v) is 3.03. The molecule has 1 saturated heterocycles. The number of benzene rings is 1. The van der Waals surface area contributed by atoms with Gasteiger partial charge in [-0.05, 0) is 19.0 Å². The number of alkyl halides is 1. The Labute approximate surface area is 155 Å². The molecule has 1 aliphatic rings. The monoisotopic (exact) mass is 372 g/mol. The number of ether oxygens (including phenoxy) is 1. The molecule has 1 amide bonds. The van der Waals surface area contributed by atoms with E-state index in [1.165, 1.54) is 17.2 Å². The lowest BCUT2D eigenvalue weighted by atomic mass is 10.0. The largest absolute Gasteiger partial charge is 0.387 e. The van der Waals surface area contributed by atoms with Gasteiger partial charge in [-0.15, -0.1) is 0 Å². The van der Waals surface area contributed by atoms with E-state index < -0.39 is 24.4 Å². The van der Waals surface area contributed by atoms with Crippen molar-refractivity contribution in [2.45, 2.75) is 31.3 Å². The average molecular weight is 372 g/mol. The van der Waals surface area contributed by atoms with Gasteiger partial charge in [0.25, 0.3) is 5.91 Å². The van der Waals surface area contributed by atoms with Gasteiger partial charge in [0.1, 0.15) is 12.4 Å². The van der Waals surface area contributed by atoms with Crippen LogP contribution in [0.25, 0.3) is 11.2 Å². The molecular formula is C18H18FN5O3. The molecule has 0 saturated carbocycles. The average Bonchev–Trinajstić information content (AvgIpc) is 3.15. The van der Waals surface area contributed by atoms with Crippen LogP contribution in [0.4, 0.5) is 10.2 Å². The number of aliphatic hydroxyl groups is 1. The normalized spacial score (nSPS) is 25.9. The van der Waals surface area contributed by atoms with E-state index in [1.54, 1.807) is 30.3 Å². The maximum absolute atomic E-state index is 14.7. The van der Waals surface area contributed by atoms with Crippen molar-refractivity contribution >= 4 is 22.9 Å². The van der Waals surface area contributed by atoms with Crippen LogP contribution in [0, 0.1) is 0 Å². The molecular weight excluding hydrogens is 353 g/mol. The number of carbonyl (C=O) groups excluding carboxylic acids is 1. The van der Waals surface area contributed by atoms with Crippen molar-refractivity contribution in [3.8, 4) is 0 Å². The zero-order valence-electron chi connectivity index (χ0n) is 15.2. The third kappa shape index (κ3) is 3.15. The van der Waals surface area contributed by atoms with Gasteiger partial charge in [0.2, 0.25) is 0 Å². The highest BCUT2D eigenvalue weighted by Crippen LogP contribution is 2.30. The Balaban J connectivity index is 1.63. The quantitative estimate of drug-likeness (QED) is 0.726. The van der Waals surface area contributed by atoms with Crippen molar-refractivity contribution in [2.24, 2.45) is 0 Å². The van der Waals surface area contributed by atoms with Gasteiger partial charge >= 0.3 is 0 Å². The molecule has 4 rings (SSSR count). The molecule has 140 valence electrons. The van der Waals surface area contributed by atoms with Crippen LogP contribution in [0.15, 0.2) is 43.0 Å². The van der Waals surface area contributed by atoms with Gasteiger partial charge in [0.15, 0.2) is 23.2 Å². The molecule has 1 fully saturated rings. The minimum atomic E-state index is -1.64. The molecule has 0 spiro atoms. The van der Waals surface area contributed by atoms with Gasteiger partial charge in [-0.25, -0.2) is 19.3 Å². The number of hydrogen-bond donors (Lipinski definition) is 2. The number of aliphatic hydroxyl groups excluding tert-OH is 1. The Morgan fingerprint density at radius 3 is 2.96 bits per heavy atom. The SMILES string of the molecule is [2H]C[C@H]1OC[C@@H](n2cnc3c(NC(=O)c4ccccc4)ncnc32)[C@H](F)C1O. The second-order valence-electron chi connectivity index (χ2n) is 6.24. The first-order valence-corrected chi connectivity index (χ1v) is 8.37. The number of amides is 1. The number of carbonyl (C=O) groups is 1. The van der Waals surface area contributed by atoms with Crippen LogP contribution in [-0.4, -0.2) is 55.5 Å². The minimum Gasteiger partial charge on any atom is -0.387 e. The summed E-state index contributed by atoms with van der Waals surface area (Å²) in [7, 11) is 0. The molecule has 2 N–H and O–H groups in total. The number of anilines is 1. The molecule has 0 aliphatic carbocycles. The van der Waals surface area contributed by atoms with Crippen LogP contribution in [-0.2, 0) is 4.74 Å². The Bertz CT molecular complexity index is 986. The van der Waals surface area contributed by atoms with Crippen LogP contribution in [0.5, 0.6) is 0 Å². The summed E-state index contributed by atoms with van der Waals surface area (Å²) in [5.41, 5.74) is 1.07. The highest BCUT2D eigenvalue weighted by Gasteiger charge is 2.39. The number of halogens is 1. The van der Waals surface area contributed by atoms with E-state index >= 15 is 0 Å². The zero-order chi connectivity index (χ0) is 19.7. The summed E-state index contributed by atoms with van der Waals surface area (Å²) < 4.78 is 28.9. The van der Waals surface area contributed by atoms with Crippen LogP contribution < -0.4 is 5.32 Å². The maximum atomic E-state index is 14.7. The second-order valence-corrected chi connectivity index (χ2v) is 6.24. The van der Waals surface area contributed by atoms with Crippen molar-refractivity contribution in [3.05, 3.63) is 48.5 Å². The summed E-state index contributed by atoms with van der Waals surface area (Å²) in [4.78, 5) is 24.8. The third-order valence-electron chi connectivity index (χ3n) is 4.54. The van der Waals surface area contributed by atoms with E-state index in [2.05, 4.69) is 20.3 Å². The van der Waals surface area contributed by atoms with Crippen LogP contribution in [0.2, 0.25) is 0 Å². The van der Waals surface area contributed by atoms with E-state index in [0.29, 0.717) is 16.7 Å². The summed E-state index contributed by atoms with van der Waals surface area (Å²) in [6.07, 6.45) is -1.28. The topological polar surface area (TPSA) is 102 Å². The number of rotatable bonds is 3. The Kier molecular flexibility index (Phi) is 4.23. The third-order valence-corrected chi connectivity index (χ3v) is 4.54. The molecule has 0 radical (unpaired) electrons. The number of imidazole rings is 1. The van der Waals surface area contributed by atoms with Gasteiger partial charge < -0.3 is 19.7 Å². The molecule has 2 aromatic heterocycles. The molecule has 1 aliphatic heterocycles. The summed E-state index contributed by atoms with van der Waals surface area (Å²) in [6.45, 7) is -0.250. The second kappa shape index (κ2) is 7.01. The van der Waals surface area contributed by atoms with Gasteiger partial charge in [-0.1, -0.05) is 18.2 Å². The number of nitrogens with one attached hydrogen (secondary N) is 1. The smallest absolute Gasteiger partial charge is 0.256 e. The lowest BCUT2D eigenvalue weighted by Crippen LogP contribution is -2.47. The first-order valence-electron chi connectivity index (χ1n) is 9.07. The predicted octanol–water partition coefficient (Wildman–Crippen LogP) is 1.74. The molecule has 4 atom stereocenters. The van der Waals surface area contributed by atoms with Crippen molar-refractivity contribution in [3.63, 3.8) is 0 Å². The molecule has 9 heteroatoms. The minimum absolute atomic E-state index is 0.0249. The van der Waals surface area contributed by atoms with E-state index in [1.807, 2.05) is 0 Å². The van der Waals surface area contributed by atoms with E-state index in [-0.39, 0.29) is 25.2 Å². The summed E-state index contributed by atoms with van der Waals surface area (Å²) in [5, 5.41) is 12.7. The molecule has 0 bridgehead atoms. The standard InChI is InChI=1S/C18H18FN5O3/c1-10-15(25)13(19)12(7-27-10)24-9-22-14-16(20-8-21-17(14)24)23-18(26)11-5-3-2-4-6-11/h2-6,8-10,12-13,15,25H,7H2,1H3,(H,20,21,23,26)/t10-,12-,13+,15?/m1/s1/i1D. The Hall–Kier alpha value is -2.91. The molecule has 3 heterocycles. The Morgan fingerprint density at radius 2 is 2.19 bits per heavy atom. The number of hydrogen-bond acceptors (Lipinski definition) is 6. The molecule has 1 aromatic carbocycles. The number of fused-ring (bicyclic) bond motifs is 1. The highest BCUT2D eigenvalue weighted by molar-refractivity contribution is 6.06. The molecule has 8 nitrogen and oxygen atoms in total. The van der Waals surface area contributed by atoms with Crippen LogP contribution in [0.1, 0.15) is 24.7 Å². The van der Waals surface area contributed by atoms with Crippen molar-refractivity contribution in [1.82, 2.24) is 19.5 Å². The fourth-order valence-electron chi connectivity index (χ4n) is 3.03. The summed E-state index contributed by atoms with van der Waals surface area (Å²) >= 11 is 0. The van der Waals surface area contributed by atoms with Crippen LogP contribution in [0.3, 0.4) is 0 Å². The van der Waals surface area contributed by atoms with Crippen LogP contribution >= 0.6 is 0 Å². The summed E-state index contributed by atoms with van der Waals surface area (Å²) in [5.74, 6) is -0.150.